The normalized spacial score (nSPS) is 22.5. The van der Waals surface area contributed by atoms with Gasteiger partial charge in [-0.25, -0.2) is 0 Å². The Morgan fingerprint density at radius 3 is 2.38 bits per heavy atom. The third kappa shape index (κ3) is 7.18. The average Bonchev–Trinajstić information content (AvgIpc) is 3.19. The monoisotopic (exact) mass is 529 g/mol. The van der Waals surface area contributed by atoms with Crippen molar-refractivity contribution in [1.29, 1.82) is 0 Å². The predicted octanol–water partition coefficient (Wildman–Crippen LogP) is 1.43. The first-order chi connectivity index (χ1) is 17.8. The number of nitrogens with two attached hydrogens (primary N) is 1. The molecule has 1 aromatic carbocycles. The van der Waals surface area contributed by atoms with E-state index < -0.39 is 0 Å². The maximum absolute atomic E-state index is 12.9. The maximum Gasteiger partial charge on any atom is 0.270 e. The van der Waals surface area contributed by atoms with Crippen LogP contribution in [-0.2, 0) is 14.4 Å². The van der Waals surface area contributed by atoms with E-state index in [-0.39, 0.29) is 34.7 Å². The fourth-order valence-electron chi connectivity index (χ4n) is 4.51. The summed E-state index contributed by atoms with van der Waals surface area (Å²) in [5.74, 6) is -0.350. The van der Waals surface area contributed by atoms with Crippen LogP contribution in [0, 0.1) is 0 Å². The van der Waals surface area contributed by atoms with Crippen molar-refractivity contribution in [2.24, 2.45) is 5.73 Å². The molecular formula is C26H39N7O3S. The number of hydrogen-bond donors (Lipinski definition) is 4. The molecule has 0 radical (unpaired) electrons. The quantitative estimate of drug-likeness (QED) is 0.336. The van der Waals surface area contributed by atoms with E-state index >= 15 is 0 Å². The molecule has 37 heavy (non-hydrogen) atoms. The Balaban J connectivity index is 1.24. The highest BCUT2D eigenvalue weighted by Gasteiger charge is 2.38. The van der Waals surface area contributed by atoms with Crippen LogP contribution in [0.25, 0.3) is 0 Å². The van der Waals surface area contributed by atoms with Gasteiger partial charge in [0.1, 0.15) is 16.0 Å². The summed E-state index contributed by atoms with van der Waals surface area (Å²) in [5, 5.41) is 9.36. The second-order valence-electron chi connectivity index (χ2n) is 9.91. The molecule has 11 heteroatoms. The predicted molar refractivity (Wildman–Crippen MR) is 148 cm³/mol. The summed E-state index contributed by atoms with van der Waals surface area (Å²) in [6.07, 6.45) is 3.54. The third-order valence-electron chi connectivity index (χ3n) is 7.18. The molecule has 5 N–H and O–H groups in total. The second kappa shape index (κ2) is 12.7. The minimum atomic E-state index is -0.376. The molecule has 0 unspecified atom stereocenters. The van der Waals surface area contributed by atoms with Crippen LogP contribution in [0.15, 0.2) is 35.0 Å². The van der Waals surface area contributed by atoms with Crippen molar-refractivity contribution in [3.05, 3.63) is 35.0 Å². The van der Waals surface area contributed by atoms with Crippen LogP contribution >= 0.6 is 11.8 Å². The highest BCUT2D eigenvalue weighted by Crippen LogP contribution is 2.36. The van der Waals surface area contributed by atoms with Crippen LogP contribution in [0.4, 0.5) is 11.4 Å². The lowest BCUT2D eigenvalue weighted by molar-refractivity contribution is -0.127. The van der Waals surface area contributed by atoms with Gasteiger partial charge in [0.15, 0.2) is 0 Å². The Morgan fingerprint density at radius 2 is 1.76 bits per heavy atom. The van der Waals surface area contributed by atoms with Crippen LogP contribution in [0.2, 0.25) is 0 Å². The lowest BCUT2D eigenvalue weighted by atomic mass is 9.93. The van der Waals surface area contributed by atoms with E-state index in [0.29, 0.717) is 24.5 Å². The lowest BCUT2D eigenvalue weighted by Crippen LogP contribution is -2.45. The molecule has 2 saturated heterocycles. The number of benzene rings is 1. The maximum atomic E-state index is 12.9. The van der Waals surface area contributed by atoms with Gasteiger partial charge in [-0.2, -0.15) is 0 Å². The van der Waals surface area contributed by atoms with Crippen LogP contribution in [0.1, 0.15) is 32.6 Å². The number of amides is 3. The number of nitrogens with zero attached hydrogens (tertiary/aromatic N) is 3. The minimum Gasteiger partial charge on any atom is -0.392 e. The van der Waals surface area contributed by atoms with Gasteiger partial charge in [0.05, 0.1) is 0 Å². The molecule has 0 aromatic heterocycles. The van der Waals surface area contributed by atoms with E-state index in [1.165, 1.54) is 11.8 Å². The number of anilines is 2. The molecule has 10 nitrogen and oxygen atoms in total. The van der Waals surface area contributed by atoms with Gasteiger partial charge in [-0.1, -0.05) is 11.8 Å². The highest BCUT2D eigenvalue weighted by atomic mass is 32.2. The molecule has 0 spiro atoms. The standard InChI is InChI=1S/C26H39N7O3S/c1-3-33-25(36)21(37-26(33)23(27)24(35)30-19-5-4-6-19)17-28-18-7-9-20(10-8-18)29-22(34)11-12-32-15-13-31(2)14-16-32/h7-10,19,21,28H,3-6,11-17,27H2,1-2H3,(H,29,34)(H,30,35)/b26-23+/t21-/m1/s1. The number of nitrogens with one attached hydrogen (secondary N) is 3. The summed E-state index contributed by atoms with van der Waals surface area (Å²) in [6, 6.07) is 7.66. The van der Waals surface area contributed by atoms with Crippen molar-refractivity contribution in [3.63, 3.8) is 0 Å². The highest BCUT2D eigenvalue weighted by molar-refractivity contribution is 8.04. The van der Waals surface area contributed by atoms with Gasteiger partial charge >= 0.3 is 0 Å². The smallest absolute Gasteiger partial charge is 0.270 e. The number of rotatable bonds is 10. The molecular weight excluding hydrogens is 490 g/mol. The third-order valence-corrected chi connectivity index (χ3v) is 8.50. The summed E-state index contributed by atoms with van der Waals surface area (Å²) in [6.45, 7) is 7.58. The summed E-state index contributed by atoms with van der Waals surface area (Å²) in [5.41, 5.74) is 7.87. The zero-order valence-electron chi connectivity index (χ0n) is 21.8. The largest absolute Gasteiger partial charge is 0.392 e. The van der Waals surface area contributed by atoms with Crippen molar-refractivity contribution in [2.45, 2.75) is 43.9 Å². The van der Waals surface area contributed by atoms with E-state index in [4.69, 9.17) is 5.73 Å². The molecule has 3 fully saturated rings. The van der Waals surface area contributed by atoms with Crippen LogP contribution in [0.5, 0.6) is 0 Å². The zero-order valence-corrected chi connectivity index (χ0v) is 22.6. The molecule has 202 valence electrons. The Morgan fingerprint density at radius 1 is 1.08 bits per heavy atom. The molecule has 1 atom stereocenters. The van der Waals surface area contributed by atoms with Gasteiger partial charge in [-0.15, -0.1) is 0 Å². The van der Waals surface area contributed by atoms with Crippen molar-refractivity contribution in [1.82, 2.24) is 20.0 Å². The van der Waals surface area contributed by atoms with Gasteiger partial charge in [0.25, 0.3) is 5.91 Å². The van der Waals surface area contributed by atoms with Crippen molar-refractivity contribution >= 4 is 40.9 Å². The van der Waals surface area contributed by atoms with Gasteiger partial charge in [-0.3, -0.25) is 14.4 Å². The van der Waals surface area contributed by atoms with Gasteiger partial charge in [-0.05, 0) is 57.5 Å². The molecule has 2 aliphatic heterocycles. The number of carbonyl (C=O) groups excluding carboxylic acids is 3. The topological polar surface area (TPSA) is 123 Å². The fraction of sp³-hybridized carbons (Fsp3) is 0.577. The Labute approximate surface area is 223 Å². The summed E-state index contributed by atoms with van der Waals surface area (Å²) >= 11 is 1.33. The summed E-state index contributed by atoms with van der Waals surface area (Å²) in [7, 11) is 2.12. The zero-order chi connectivity index (χ0) is 26.4. The Hall–Kier alpha value is -2.76. The van der Waals surface area contributed by atoms with Crippen molar-refractivity contribution < 1.29 is 14.4 Å². The molecule has 4 rings (SSSR count). The van der Waals surface area contributed by atoms with Crippen LogP contribution in [-0.4, -0.2) is 96.6 Å². The SMILES string of the molecule is CCN1C(=O)[C@@H](CNc2ccc(NC(=O)CCN3CCN(C)CC3)cc2)S/C1=C(/N)C(=O)NC1CCC1. The van der Waals surface area contributed by atoms with Crippen LogP contribution < -0.4 is 21.7 Å². The first-order valence-electron chi connectivity index (χ1n) is 13.2. The van der Waals surface area contributed by atoms with E-state index in [1.54, 1.807) is 4.90 Å². The van der Waals surface area contributed by atoms with Crippen LogP contribution in [0.3, 0.4) is 0 Å². The molecule has 1 saturated carbocycles. The van der Waals surface area contributed by atoms with E-state index in [9.17, 15) is 14.4 Å². The molecule has 1 aromatic rings. The van der Waals surface area contributed by atoms with E-state index in [1.807, 2.05) is 31.2 Å². The first kappa shape index (κ1) is 27.3. The van der Waals surface area contributed by atoms with Crippen molar-refractivity contribution in [2.75, 3.05) is 63.5 Å². The van der Waals surface area contributed by atoms with E-state index in [2.05, 4.69) is 32.8 Å². The lowest BCUT2D eigenvalue weighted by Gasteiger charge is -2.32. The summed E-state index contributed by atoms with van der Waals surface area (Å²) in [4.78, 5) is 44.1. The van der Waals surface area contributed by atoms with E-state index in [0.717, 1.165) is 63.4 Å². The molecule has 3 aliphatic rings. The fourth-order valence-corrected chi connectivity index (χ4v) is 5.74. The Bertz CT molecular complexity index is 1000. The molecule has 3 amide bonds. The number of hydrogen-bond acceptors (Lipinski definition) is 8. The average molecular weight is 530 g/mol. The number of likely N-dealkylation sites (N-methyl/N-ethyl adjacent to an activating group) is 1. The Kier molecular flexibility index (Phi) is 9.33. The molecule has 2 heterocycles. The van der Waals surface area contributed by atoms with Gasteiger partial charge in [0.2, 0.25) is 11.8 Å². The number of piperazine rings is 1. The summed E-state index contributed by atoms with van der Waals surface area (Å²) < 4.78 is 0. The van der Waals surface area contributed by atoms with Gasteiger partial charge in [0, 0.05) is 69.7 Å². The molecule has 0 bridgehead atoms. The van der Waals surface area contributed by atoms with Gasteiger partial charge < -0.3 is 36.4 Å². The first-order valence-corrected chi connectivity index (χ1v) is 14.0. The minimum absolute atomic E-state index is 0.00509. The van der Waals surface area contributed by atoms with Crippen molar-refractivity contribution in [3.8, 4) is 0 Å². The number of carbonyl (C=O) groups is 3. The second-order valence-corrected chi connectivity index (χ2v) is 11.1. The molecule has 1 aliphatic carbocycles. The number of thioether (sulfide) groups is 1.